The Morgan fingerprint density at radius 3 is 3.00 bits per heavy atom. The van der Waals surface area contributed by atoms with Crippen molar-refractivity contribution in [1.29, 1.82) is 0 Å². The maximum atomic E-state index is 6.17. The molecule has 108 valence electrons. The van der Waals surface area contributed by atoms with Crippen LogP contribution in [0.2, 0.25) is 0 Å². The van der Waals surface area contributed by atoms with Crippen LogP contribution in [-0.4, -0.2) is 27.2 Å². The predicted molar refractivity (Wildman–Crippen MR) is 85.5 cm³/mol. The fraction of sp³-hybridized carbons (Fsp3) is 0.533. The molecule has 0 saturated carbocycles. The third kappa shape index (κ3) is 2.46. The zero-order valence-corrected chi connectivity index (χ0v) is 12.8. The Hall–Kier alpha value is -1.36. The summed E-state index contributed by atoms with van der Waals surface area (Å²) in [5.41, 5.74) is 8.15. The van der Waals surface area contributed by atoms with E-state index in [1.807, 2.05) is 37.7 Å². The number of nitrogens with two attached hydrogens (primary N) is 1. The second-order valence-corrected chi connectivity index (χ2v) is 6.65. The number of benzene rings is 1. The highest BCUT2D eigenvalue weighted by molar-refractivity contribution is 7.99. The maximum absolute atomic E-state index is 6.17. The van der Waals surface area contributed by atoms with Crippen LogP contribution in [0.4, 0.5) is 5.95 Å². The van der Waals surface area contributed by atoms with Crippen molar-refractivity contribution < 1.29 is 4.74 Å². The van der Waals surface area contributed by atoms with Crippen LogP contribution in [0.1, 0.15) is 32.7 Å². The number of para-hydroxylation sites is 1. The molecule has 1 atom stereocenters. The third-order valence-corrected chi connectivity index (χ3v) is 4.77. The molecular weight excluding hydrogens is 270 g/mol. The average molecular weight is 291 g/mol. The molecule has 1 aliphatic heterocycles. The first-order valence-corrected chi connectivity index (χ1v) is 8.33. The number of hydrogen-bond donors (Lipinski definition) is 1. The molecule has 0 radical (unpaired) electrons. The minimum absolute atomic E-state index is 0.136. The molecule has 1 unspecified atom stereocenters. The Morgan fingerprint density at radius 2 is 2.30 bits per heavy atom. The zero-order valence-electron chi connectivity index (χ0n) is 12.0. The highest BCUT2D eigenvalue weighted by Crippen LogP contribution is 2.35. The molecule has 1 fully saturated rings. The van der Waals surface area contributed by atoms with Gasteiger partial charge in [0.05, 0.1) is 11.6 Å². The fourth-order valence-corrected chi connectivity index (χ4v) is 3.89. The number of anilines is 1. The molecule has 20 heavy (non-hydrogen) atoms. The van der Waals surface area contributed by atoms with Crippen LogP contribution in [0.25, 0.3) is 11.0 Å². The molecule has 5 heteroatoms. The summed E-state index contributed by atoms with van der Waals surface area (Å²) < 4.78 is 8.04. The van der Waals surface area contributed by atoms with E-state index in [4.69, 9.17) is 10.5 Å². The topological polar surface area (TPSA) is 53.1 Å². The second kappa shape index (κ2) is 5.56. The van der Waals surface area contributed by atoms with E-state index in [9.17, 15) is 0 Å². The normalized spacial score (nSPS) is 19.6. The lowest BCUT2D eigenvalue weighted by Gasteiger charge is -2.24. The summed E-state index contributed by atoms with van der Waals surface area (Å²) in [4.78, 5) is 4.55. The van der Waals surface area contributed by atoms with Gasteiger partial charge in [-0.1, -0.05) is 6.07 Å². The highest BCUT2D eigenvalue weighted by Gasteiger charge is 2.22. The van der Waals surface area contributed by atoms with E-state index in [-0.39, 0.29) is 6.10 Å². The average Bonchev–Trinajstić information content (AvgIpc) is 2.76. The molecule has 1 aliphatic rings. The molecule has 3 rings (SSSR count). The van der Waals surface area contributed by atoms with Crippen molar-refractivity contribution in [2.24, 2.45) is 0 Å². The number of fused-ring (bicyclic) bond motifs is 1. The van der Waals surface area contributed by atoms with Crippen LogP contribution in [0.3, 0.4) is 0 Å². The van der Waals surface area contributed by atoms with Gasteiger partial charge in [-0.15, -0.1) is 0 Å². The Morgan fingerprint density at radius 1 is 1.45 bits per heavy atom. The van der Waals surface area contributed by atoms with Gasteiger partial charge in [0.15, 0.2) is 0 Å². The van der Waals surface area contributed by atoms with Crippen molar-refractivity contribution >= 4 is 28.7 Å². The van der Waals surface area contributed by atoms with E-state index in [0.717, 1.165) is 22.5 Å². The third-order valence-electron chi connectivity index (χ3n) is 3.57. The summed E-state index contributed by atoms with van der Waals surface area (Å²) >= 11 is 2.00. The van der Waals surface area contributed by atoms with Gasteiger partial charge in [-0.3, -0.25) is 0 Å². The van der Waals surface area contributed by atoms with Crippen molar-refractivity contribution in [2.45, 2.75) is 38.8 Å². The summed E-state index contributed by atoms with van der Waals surface area (Å²) in [5, 5.41) is 0. The first kappa shape index (κ1) is 13.6. The Kier molecular flexibility index (Phi) is 3.78. The van der Waals surface area contributed by atoms with E-state index in [2.05, 4.69) is 15.6 Å². The molecule has 2 heterocycles. The van der Waals surface area contributed by atoms with Crippen LogP contribution in [0.15, 0.2) is 18.2 Å². The van der Waals surface area contributed by atoms with E-state index in [1.54, 1.807) is 0 Å². The summed E-state index contributed by atoms with van der Waals surface area (Å²) in [7, 11) is 0. The summed E-state index contributed by atoms with van der Waals surface area (Å²) in [6.45, 7) is 4.05. The SMILES string of the molecule is CC(C)Oc1cccc2c1nc(N)n2C1CCCSC1. The summed E-state index contributed by atoms with van der Waals surface area (Å²) in [5.74, 6) is 3.80. The molecule has 0 bridgehead atoms. The van der Waals surface area contributed by atoms with Gasteiger partial charge in [0.25, 0.3) is 0 Å². The van der Waals surface area contributed by atoms with E-state index < -0.39 is 0 Å². The van der Waals surface area contributed by atoms with Gasteiger partial charge >= 0.3 is 0 Å². The number of ether oxygens (including phenoxy) is 1. The summed E-state index contributed by atoms with van der Waals surface area (Å²) in [6, 6.07) is 6.53. The first-order chi connectivity index (χ1) is 9.66. The highest BCUT2D eigenvalue weighted by atomic mass is 32.2. The van der Waals surface area contributed by atoms with Gasteiger partial charge in [0, 0.05) is 11.8 Å². The lowest BCUT2D eigenvalue weighted by atomic mass is 10.1. The molecule has 1 saturated heterocycles. The Labute approximate surface area is 123 Å². The molecule has 1 aromatic heterocycles. The molecule has 2 aromatic rings. The molecule has 0 spiro atoms. The van der Waals surface area contributed by atoms with Gasteiger partial charge in [-0.05, 0) is 44.6 Å². The van der Waals surface area contributed by atoms with E-state index in [0.29, 0.717) is 12.0 Å². The Bertz CT molecular complexity index is 602. The van der Waals surface area contributed by atoms with E-state index in [1.165, 1.54) is 18.6 Å². The number of hydrogen-bond acceptors (Lipinski definition) is 4. The smallest absolute Gasteiger partial charge is 0.201 e. The number of imidazole rings is 1. The number of nitrogens with zero attached hydrogens (tertiary/aromatic N) is 2. The van der Waals surface area contributed by atoms with Crippen molar-refractivity contribution in [2.75, 3.05) is 17.2 Å². The van der Waals surface area contributed by atoms with Crippen LogP contribution in [0.5, 0.6) is 5.75 Å². The van der Waals surface area contributed by atoms with Crippen LogP contribution < -0.4 is 10.5 Å². The molecule has 2 N–H and O–H groups in total. The number of aromatic nitrogens is 2. The van der Waals surface area contributed by atoms with Gasteiger partial charge in [-0.25, -0.2) is 4.98 Å². The fourth-order valence-electron chi connectivity index (χ4n) is 2.77. The van der Waals surface area contributed by atoms with Crippen molar-refractivity contribution in [1.82, 2.24) is 9.55 Å². The largest absolute Gasteiger partial charge is 0.489 e. The van der Waals surface area contributed by atoms with Crippen LogP contribution in [0, 0.1) is 0 Å². The number of nitrogen functional groups attached to an aromatic ring is 1. The van der Waals surface area contributed by atoms with Crippen LogP contribution in [-0.2, 0) is 0 Å². The molecule has 4 nitrogen and oxygen atoms in total. The molecule has 0 aliphatic carbocycles. The lowest BCUT2D eigenvalue weighted by molar-refractivity contribution is 0.245. The monoisotopic (exact) mass is 291 g/mol. The van der Waals surface area contributed by atoms with Crippen molar-refractivity contribution in [3.8, 4) is 5.75 Å². The zero-order chi connectivity index (χ0) is 14.1. The maximum Gasteiger partial charge on any atom is 0.201 e. The van der Waals surface area contributed by atoms with E-state index >= 15 is 0 Å². The van der Waals surface area contributed by atoms with Crippen molar-refractivity contribution in [3.05, 3.63) is 18.2 Å². The quantitative estimate of drug-likeness (QED) is 0.940. The predicted octanol–water partition coefficient (Wildman–Crippen LogP) is 3.47. The number of thioether (sulfide) groups is 1. The molecule has 0 amide bonds. The molecule has 1 aromatic carbocycles. The van der Waals surface area contributed by atoms with Crippen LogP contribution >= 0.6 is 11.8 Å². The van der Waals surface area contributed by atoms with Gasteiger partial charge in [0.2, 0.25) is 5.95 Å². The Balaban J connectivity index is 2.06. The summed E-state index contributed by atoms with van der Waals surface area (Å²) in [6.07, 6.45) is 2.56. The lowest BCUT2D eigenvalue weighted by Crippen LogP contribution is -2.17. The standard InChI is InChI=1S/C15H21N3OS/c1-10(2)19-13-7-3-6-12-14(13)17-15(16)18(12)11-5-4-8-20-9-11/h3,6-7,10-11H,4-5,8-9H2,1-2H3,(H2,16,17). The molecular formula is C15H21N3OS. The van der Waals surface area contributed by atoms with Gasteiger partial charge in [-0.2, -0.15) is 11.8 Å². The van der Waals surface area contributed by atoms with Gasteiger partial charge in [0.1, 0.15) is 11.3 Å². The second-order valence-electron chi connectivity index (χ2n) is 5.50. The van der Waals surface area contributed by atoms with Gasteiger partial charge < -0.3 is 15.0 Å². The van der Waals surface area contributed by atoms with Crippen molar-refractivity contribution in [3.63, 3.8) is 0 Å². The first-order valence-electron chi connectivity index (χ1n) is 7.17. The minimum atomic E-state index is 0.136. The number of rotatable bonds is 3. The minimum Gasteiger partial charge on any atom is -0.489 e.